The van der Waals surface area contributed by atoms with E-state index < -0.39 is 0 Å². The van der Waals surface area contributed by atoms with E-state index in [1.807, 2.05) is 0 Å². The van der Waals surface area contributed by atoms with Crippen LogP contribution in [0.5, 0.6) is 0 Å². The van der Waals surface area contributed by atoms with Gasteiger partial charge < -0.3 is 4.74 Å². The Kier molecular flexibility index (Phi) is 3.92. The molecule has 1 aromatic carbocycles. The highest BCUT2D eigenvalue weighted by atomic mass is 16.5. The molecule has 0 saturated heterocycles. The predicted molar refractivity (Wildman–Crippen MR) is 68.6 cm³/mol. The van der Waals surface area contributed by atoms with Gasteiger partial charge in [0, 0.05) is 12.0 Å². The maximum Gasteiger partial charge on any atom is 0.337 e. The van der Waals surface area contributed by atoms with Crippen molar-refractivity contribution in [2.75, 3.05) is 7.11 Å². The van der Waals surface area contributed by atoms with Crippen molar-refractivity contribution in [2.24, 2.45) is 5.92 Å². The third-order valence-corrected chi connectivity index (χ3v) is 3.19. The summed E-state index contributed by atoms with van der Waals surface area (Å²) in [5, 5.41) is 0. The second kappa shape index (κ2) is 5.63. The van der Waals surface area contributed by atoms with E-state index in [-0.39, 0.29) is 11.8 Å². The highest BCUT2D eigenvalue weighted by molar-refractivity contribution is 5.97. The normalized spacial score (nSPS) is 17.7. The molecule has 0 heterocycles. The van der Waals surface area contributed by atoms with Crippen LogP contribution in [0.15, 0.2) is 36.4 Å². The Balaban J connectivity index is 2.02. The molecule has 94 valence electrons. The zero-order chi connectivity index (χ0) is 13.0. The second-order valence-electron chi connectivity index (χ2n) is 4.46. The molecule has 1 atom stereocenters. The molecule has 2 rings (SSSR count). The van der Waals surface area contributed by atoms with Crippen LogP contribution in [-0.4, -0.2) is 18.9 Å². The van der Waals surface area contributed by atoms with Crippen LogP contribution in [0.2, 0.25) is 0 Å². The van der Waals surface area contributed by atoms with Gasteiger partial charge in [0.1, 0.15) is 0 Å². The van der Waals surface area contributed by atoms with E-state index in [2.05, 4.69) is 16.9 Å². The number of Topliss-reactive ketones (excluding diaryl/α,β-unsaturated/α-hetero) is 1. The largest absolute Gasteiger partial charge is 0.465 e. The van der Waals surface area contributed by atoms with Crippen molar-refractivity contribution in [3.8, 4) is 0 Å². The van der Waals surface area contributed by atoms with Crippen molar-refractivity contribution in [3.05, 3.63) is 47.5 Å². The summed E-state index contributed by atoms with van der Waals surface area (Å²) < 4.78 is 4.61. The summed E-state index contributed by atoms with van der Waals surface area (Å²) in [5.74, 6) is 0.119. The smallest absolute Gasteiger partial charge is 0.337 e. The van der Waals surface area contributed by atoms with Gasteiger partial charge in [0.2, 0.25) is 0 Å². The summed E-state index contributed by atoms with van der Waals surface area (Å²) in [6.07, 6.45) is 6.91. The molecule has 3 nitrogen and oxygen atoms in total. The van der Waals surface area contributed by atoms with E-state index in [1.165, 1.54) is 7.11 Å². The first-order valence-electron chi connectivity index (χ1n) is 6.09. The molecule has 1 aromatic rings. The molecule has 3 heteroatoms. The number of benzene rings is 1. The number of methoxy groups -OCH3 is 1. The van der Waals surface area contributed by atoms with E-state index in [0.717, 1.165) is 12.8 Å². The fourth-order valence-corrected chi connectivity index (χ4v) is 2.13. The Labute approximate surface area is 106 Å². The number of esters is 1. The summed E-state index contributed by atoms with van der Waals surface area (Å²) in [4.78, 5) is 23.3. The van der Waals surface area contributed by atoms with Crippen LogP contribution in [0.3, 0.4) is 0 Å². The van der Waals surface area contributed by atoms with Gasteiger partial charge in [0.25, 0.3) is 0 Å². The molecule has 0 aliphatic heterocycles. The van der Waals surface area contributed by atoms with Gasteiger partial charge in [0.15, 0.2) is 5.78 Å². The first kappa shape index (κ1) is 12.6. The van der Waals surface area contributed by atoms with Gasteiger partial charge in [-0.1, -0.05) is 24.3 Å². The number of rotatable bonds is 4. The number of hydrogen-bond donors (Lipinski definition) is 0. The Bertz CT molecular complexity index is 471. The van der Waals surface area contributed by atoms with Gasteiger partial charge in [-0.05, 0) is 30.9 Å². The van der Waals surface area contributed by atoms with E-state index in [9.17, 15) is 9.59 Å². The number of ketones is 1. The molecular weight excluding hydrogens is 228 g/mol. The monoisotopic (exact) mass is 244 g/mol. The van der Waals surface area contributed by atoms with E-state index >= 15 is 0 Å². The Morgan fingerprint density at radius 1 is 1.22 bits per heavy atom. The fraction of sp³-hybridized carbons (Fsp3) is 0.333. The highest BCUT2D eigenvalue weighted by Gasteiger charge is 2.15. The molecule has 1 aliphatic carbocycles. The number of hydrogen-bond acceptors (Lipinski definition) is 3. The first-order valence-corrected chi connectivity index (χ1v) is 6.09. The molecule has 0 radical (unpaired) electrons. The van der Waals surface area contributed by atoms with Crippen molar-refractivity contribution in [3.63, 3.8) is 0 Å². The molecule has 0 amide bonds. The van der Waals surface area contributed by atoms with Crippen LogP contribution >= 0.6 is 0 Å². The minimum absolute atomic E-state index is 0.128. The minimum Gasteiger partial charge on any atom is -0.465 e. The maximum absolute atomic E-state index is 12.0. The predicted octanol–water partition coefficient (Wildman–Crippen LogP) is 3.01. The van der Waals surface area contributed by atoms with Crippen molar-refractivity contribution < 1.29 is 14.3 Å². The van der Waals surface area contributed by atoms with Crippen LogP contribution in [0, 0.1) is 5.92 Å². The zero-order valence-corrected chi connectivity index (χ0v) is 10.4. The van der Waals surface area contributed by atoms with Gasteiger partial charge in [-0.3, -0.25) is 4.79 Å². The van der Waals surface area contributed by atoms with Crippen molar-refractivity contribution in [1.29, 1.82) is 0 Å². The topological polar surface area (TPSA) is 43.4 Å². The quantitative estimate of drug-likeness (QED) is 0.464. The van der Waals surface area contributed by atoms with Gasteiger partial charge in [-0.25, -0.2) is 4.79 Å². The molecule has 1 aliphatic rings. The molecule has 0 aromatic heterocycles. The van der Waals surface area contributed by atoms with Crippen molar-refractivity contribution >= 4 is 11.8 Å². The Morgan fingerprint density at radius 2 is 1.89 bits per heavy atom. The molecule has 0 fully saturated rings. The lowest BCUT2D eigenvalue weighted by Gasteiger charge is -2.07. The van der Waals surface area contributed by atoms with Gasteiger partial charge in [0.05, 0.1) is 12.7 Å². The maximum atomic E-state index is 12.0. The molecule has 0 saturated carbocycles. The van der Waals surface area contributed by atoms with Crippen LogP contribution in [-0.2, 0) is 4.74 Å². The van der Waals surface area contributed by atoms with Gasteiger partial charge in [-0.15, -0.1) is 0 Å². The lowest BCUT2D eigenvalue weighted by Crippen LogP contribution is -2.06. The first-order chi connectivity index (χ1) is 8.70. The van der Waals surface area contributed by atoms with Crippen molar-refractivity contribution in [2.45, 2.75) is 19.3 Å². The highest BCUT2D eigenvalue weighted by Crippen LogP contribution is 2.22. The summed E-state index contributed by atoms with van der Waals surface area (Å²) in [6, 6.07) is 6.63. The van der Waals surface area contributed by atoms with Crippen LogP contribution < -0.4 is 0 Å². The summed E-state index contributed by atoms with van der Waals surface area (Å²) >= 11 is 0. The van der Waals surface area contributed by atoms with Crippen LogP contribution in [0.1, 0.15) is 40.0 Å². The number of ether oxygens (including phenoxy) is 1. The third kappa shape index (κ3) is 2.86. The summed E-state index contributed by atoms with van der Waals surface area (Å²) in [7, 11) is 1.34. The SMILES string of the molecule is COC(=O)c1ccc(C(=O)CC2C=CCC2)cc1. The minimum atomic E-state index is -0.382. The van der Waals surface area contributed by atoms with E-state index in [4.69, 9.17) is 0 Å². The average Bonchev–Trinajstić information content (AvgIpc) is 2.91. The lowest BCUT2D eigenvalue weighted by molar-refractivity contribution is 0.0600. The van der Waals surface area contributed by atoms with E-state index in [0.29, 0.717) is 23.5 Å². The molecule has 0 N–H and O–H groups in total. The molecule has 18 heavy (non-hydrogen) atoms. The Hall–Kier alpha value is -1.90. The van der Waals surface area contributed by atoms with Crippen LogP contribution in [0.25, 0.3) is 0 Å². The summed E-state index contributed by atoms with van der Waals surface area (Å²) in [5.41, 5.74) is 1.12. The van der Waals surface area contributed by atoms with Gasteiger partial charge >= 0.3 is 5.97 Å². The molecular formula is C15H16O3. The summed E-state index contributed by atoms with van der Waals surface area (Å²) in [6.45, 7) is 0. The standard InChI is InChI=1S/C15H16O3/c1-18-15(17)13-8-6-12(7-9-13)14(16)10-11-4-2-3-5-11/h2,4,6-9,11H,3,5,10H2,1H3. The lowest BCUT2D eigenvalue weighted by atomic mass is 9.97. The second-order valence-corrected chi connectivity index (χ2v) is 4.46. The average molecular weight is 244 g/mol. The Morgan fingerprint density at radius 3 is 2.44 bits per heavy atom. The number of carbonyl (C=O) groups excluding carboxylic acids is 2. The molecule has 0 spiro atoms. The molecule has 0 bridgehead atoms. The third-order valence-electron chi connectivity index (χ3n) is 3.19. The van der Waals surface area contributed by atoms with Gasteiger partial charge in [-0.2, -0.15) is 0 Å². The molecule has 1 unspecified atom stereocenters. The number of allylic oxidation sites excluding steroid dienone is 2. The van der Waals surface area contributed by atoms with Crippen LogP contribution in [0.4, 0.5) is 0 Å². The zero-order valence-electron chi connectivity index (χ0n) is 10.4. The number of carbonyl (C=O) groups is 2. The van der Waals surface area contributed by atoms with Crippen molar-refractivity contribution in [1.82, 2.24) is 0 Å². The van der Waals surface area contributed by atoms with E-state index in [1.54, 1.807) is 24.3 Å². The fourth-order valence-electron chi connectivity index (χ4n) is 2.13.